The summed E-state index contributed by atoms with van der Waals surface area (Å²) >= 11 is 0. The first-order valence-corrected chi connectivity index (χ1v) is 8.14. The molecule has 0 aliphatic rings. The molecule has 110 valence electrons. The Kier molecular flexibility index (Phi) is 10.8. The topological polar surface area (TPSA) is 9.23 Å². The maximum atomic E-state index is 5.97. The SMILES string of the molecule is CCCC[N+](CCCC)(CCCC)C(C)OCC. The molecule has 0 rings (SSSR count). The summed E-state index contributed by atoms with van der Waals surface area (Å²) in [5, 5.41) is 0. The Balaban J connectivity index is 4.72. The summed E-state index contributed by atoms with van der Waals surface area (Å²) < 4.78 is 7.15. The van der Waals surface area contributed by atoms with Crippen LogP contribution < -0.4 is 0 Å². The zero-order valence-electron chi connectivity index (χ0n) is 13.5. The molecule has 1 unspecified atom stereocenters. The second-order valence-corrected chi connectivity index (χ2v) is 5.50. The Bertz CT molecular complexity index is 160. The third kappa shape index (κ3) is 6.19. The van der Waals surface area contributed by atoms with Gasteiger partial charge in [-0.3, -0.25) is 4.48 Å². The summed E-state index contributed by atoms with van der Waals surface area (Å²) in [7, 11) is 0. The van der Waals surface area contributed by atoms with Crippen LogP contribution in [-0.2, 0) is 4.74 Å². The maximum absolute atomic E-state index is 5.97. The molecule has 0 aliphatic carbocycles. The molecule has 0 N–H and O–H groups in total. The number of rotatable bonds is 12. The molecule has 0 bridgehead atoms. The number of quaternary nitrogens is 1. The van der Waals surface area contributed by atoms with Crippen molar-refractivity contribution in [2.24, 2.45) is 0 Å². The van der Waals surface area contributed by atoms with Crippen LogP contribution in [0, 0.1) is 0 Å². The Hall–Kier alpha value is -0.0800. The van der Waals surface area contributed by atoms with Gasteiger partial charge in [0, 0.05) is 6.92 Å². The van der Waals surface area contributed by atoms with Crippen LogP contribution >= 0.6 is 0 Å². The van der Waals surface area contributed by atoms with Crippen molar-refractivity contribution in [3.8, 4) is 0 Å². The van der Waals surface area contributed by atoms with Crippen LogP contribution in [0.2, 0.25) is 0 Å². The molecule has 0 saturated heterocycles. The number of ether oxygens (including phenoxy) is 1. The summed E-state index contributed by atoms with van der Waals surface area (Å²) in [6.45, 7) is 16.0. The normalized spacial score (nSPS) is 13.8. The molecule has 2 nitrogen and oxygen atoms in total. The lowest BCUT2D eigenvalue weighted by Gasteiger charge is -2.43. The Morgan fingerprint density at radius 2 is 1.17 bits per heavy atom. The van der Waals surface area contributed by atoms with Crippen LogP contribution in [0.25, 0.3) is 0 Å². The molecule has 18 heavy (non-hydrogen) atoms. The van der Waals surface area contributed by atoms with Crippen molar-refractivity contribution >= 4 is 0 Å². The van der Waals surface area contributed by atoms with Gasteiger partial charge in [0.1, 0.15) is 0 Å². The second-order valence-electron chi connectivity index (χ2n) is 5.50. The molecule has 0 heterocycles. The summed E-state index contributed by atoms with van der Waals surface area (Å²) in [6, 6.07) is 0. The van der Waals surface area contributed by atoms with Gasteiger partial charge in [-0.15, -0.1) is 0 Å². The lowest BCUT2D eigenvalue weighted by atomic mass is 10.1. The minimum Gasteiger partial charge on any atom is -0.330 e. The highest BCUT2D eigenvalue weighted by Crippen LogP contribution is 2.20. The smallest absolute Gasteiger partial charge is 0.190 e. The van der Waals surface area contributed by atoms with Gasteiger partial charge in [0.25, 0.3) is 0 Å². The first-order valence-electron chi connectivity index (χ1n) is 8.14. The van der Waals surface area contributed by atoms with Crippen LogP contribution in [0.5, 0.6) is 0 Å². The van der Waals surface area contributed by atoms with E-state index in [1.807, 2.05) is 0 Å². The third-order valence-electron chi connectivity index (χ3n) is 4.05. The monoisotopic (exact) mass is 258 g/mol. The molecule has 0 aromatic rings. The fourth-order valence-electron chi connectivity index (χ4n) is 2.70. The molecular formula is C16H36NO+. The summed E-state index contributed by atoms with van der Waals surface area (Å²) in [5.74, 6) is 0. The fourth-order valence-corrected chi connectivity index (χ4v) is 2.70. The van der Waals surface area contributed by atoms with Gasteiger partial charge in [0.2, 0.25) is 0 Å². The highest BCUT2D eigenvalue weighted by molar-refractivity contribution is 4.50. The van der Waals surface area contributed by atoms with E-state index >= 15 is 0 Å². The highest BCUT2D eigenvalue weighted by Gasteiger charge is 2.32. The molecule has 1 atom stereocenters. The second kappa shape index (κ2) is 10.8. The van der Waals surface area contributed by atoms with Crippen molar-refractivity contribution in [1.29, 1.82) is 0 Å². The average Bonchev–Trinajstić information content (AvgIpc) is 2.38. The Labute approximate surface area is 115 Å². The zero-order chi connectivity index (χ0) is 13.9. The van der Waals surface area contributed by atoms with E-state index in [0.717, 1.165) is 6.61 Å². The number of hydrogen-bond donors (Lipinski definition) is 0. The van der Waals surface area contributed by atoms with Gasteiger partial charge in [-0.25, -0.2) is 0 Å². The summed E-state index contributed by atoms with van der Waals surface area (Å²) in [6.07, 6.45) is 8.20. The molecular weight excluding hydrogens is 222 g/mol. The van der Waals surface area contributed by atoms with Gasteiger partial charge in [-0.1, -0.05) is 40.0 Å². The maximum Gasteiger partial charge on any atom is 0.190 e. The molecule has 0 spiro atoms. The minimum absolute atomic E-state index is 0.361. The van der Waals surface area contributed by atoms with Gasteiger partial charge in [-0.05, 0) is 26.2 Å². The van der Waals surface area contributed by atoms with Crippen LogP contribution in [0.3, 0.4) is 0 Å². The van der Waals surface area contributed by atoms with Crippen molar-refractivity contribution in [2.75, 3.05) is 26.2 Å². The first kappa shape index (κ1) is 17.9. The van der Waals surface area contributed by atoms with Crippen LogP contribution in [0.4, 0.5) is 0 Å². The highest BCUT2D eigenvalue weighted by atomic mass is 16.5. The largest absolute Gasteiger partial charge is 0.330 e. The number of nitrogens with zero attached hydrogens (tertiary/aromatic N) is 1. The zero-order valence-corrected chi connectivity index (χ0v) is 13.5. The molecule has 2 heteroatoms. The van der Waals surface area contributed by atoms with E-state index in [9.17, 15) is 0 Å². The van der Waals surface area contributed by atoms with Crippen LogP contribution in [0.1, 0.15) is 73.1 Å². The van der Waals surface area contributed by atoms with Gasteiger partial charge < -0.3 is 4.74 Å². The molecule has 0 saturated carbocycles. The number of unbranched alkanes of at least 4 members (excludes halogenated alkanes) is 3. The minimum atomic E-state index is 0.361. The first-order chi connectivity index (χ1) is 8.66. The standard InChI is InChI=1S/C16H36NO/c1-6-10-13-17(14-11-7-2,15-12-8-3)16(5)18-9-4/h16H,6-15H2,1-5H3/q+1. The van der Waals surface area contributed by atoms with E-state index in [1.54, 1.807) is 0 Å². The number of hydrogen-bond acceptors (Lipinski definition) is 1. The van der Waals surface area contributed by atoms with Crippen LogP contribution in [0.15, 0.2) is 0 Å². The lowest BCUT2D eigenvalue weighted by Crippen LogP contribution is -2.57. The van der Waals surface area contributed by atoms with E-state index in [1.165, 1.54) is 62.6 Å². The molecule has 0 aliphatic heterocycles. The van der Waals surface area contributed by atoms with E-state index in [2.05, 4.69) is 34.6 Å². The van der Waals surface area contributed by atoms with Crippen molar-refractivity contribution in [3.63, 3.8) is 0 Å². The average molecular weight is 258 g/mol. The fraction of sp³-hybridized carbons (Fsp3) is 1.00. The molecule has 0 aromatic heterocycles. The van der Waals surface area contributed by atoms with Gasteiger partial charge >= 0.3 is 0 Å². The van der Waals surface area contributed by atoms with Gasteiger partial charge in [-0.2, -0.15) is 0 Å². The molecule has 0 amide bonds. The van der Waals surface area contributed by atoms with E-state index in [4.69, 9.17) is 4.74 Å². The lowest BCUT2D eigenvalue weighted by molar-refractivity contribution is -0.970. The molecule has 0 fully saturated rings. The summed E-state index contributed by atoms with van der Waals surface area (Å²) in [4.78, 5) is 0. The van der Waals surface area contributed by atoms with E-state index in [0.29, 0.717) is 6.23 Å². The van der Waals surface area contributed by atoms with Gasteiger partial charge in [0.05, 0.1) is 26.2 Å². The molecule has 0 radical (unpaired) electrons. The van der Waals surface area contributed by atoms with E-state index < -0.39 is 0 Å². The van der Waals surface area contributed by atoms with E-state index in [-0.39, 0.29) is 0 Å². The van der Waals surface area contributed by atoms with Crippen molar-refractivity contribution < 1.29 is 9.22 Å². The predicted octanol–water partition coefficient (Wildman–Crippen LogP) is 4.59. The molecule has 0 aromatic carbocycles. The quantitative estimate of drug-likeness (QED) is 0.367. The Morgan fingerprint density at radius 1 is 0.778 bits per heavy atom. The Morgan fingerprint density at radius 3 is 1.44 bits per heavy atom. The predicted molar refractivity (Wildman–Crippen MR) is 80.7 cm³/mol. The van der Waals surface area contributed by atoms with Crippen molar-refractivity contribution in [3.05, 3.63) is 0 Å². The van der Waals surface area contributed by atoms with Crippen LogP contribution in [-0.4, -0.2) is 37.0 Å². The third-order valence-corrected chi connectivity index (χ3v) is 4.05. The van der Waals surface area contributed by atoms with Gasteiger partial charge in [0.15, 0.2) is 6.23 Å². The van der Waals surface area contributed by atoms with Crippen molar-refractivity contribution in [2.45, 2.75) is 79.4 Å². The summed E-state index contributed by atoms with van der Waals surface area (Å²) in [5.41, 5.74) is 0. The van der Waals surface area contributed by atoms with Crippen molar-refractivity contribution in [1.82, 2.24) is 0 Å².